The number of nitrogens with zero attached hydrogens (tertiary/aromatic N) is 3. The van der Waals surface area contributed by atoms with Gasteiger partial charge < -0.3 is 14.7 Å². The number of amides is 1. The average Bonchev–Trinajstić information content (AvgIpc) is 3.42. The highest BCUT2D eigenvalue weighted by Crippen LogP contribution is 2.34. The first-order chi connectivity index (χ1) is 15.5. The number of carbonyl (C=O) groups is 1. The molecule has 1 unspecified atom stereocenters. The highest BCUT2D eigenvalue weighted by Gasteiger charge is 2.28. The normalized spacial score (nSPS) is 17.6. The fourth-order valence-electron chi connectivity index (χ4n) is 4.66. The van der Waals surface area contributed by atoms with Crippen LogP contribution in [0, 0.1) is 0 Å². The highest BCUT2D eigenvalue weighted by atomic mass is 32.1. The number of aryl methyl sites for hydroxylation is 2. The number of thiophene rings is 1. The Morgan fingerprint density at radius 3 is 3.03 bits per heavy atom. The van der Waals surface area contributed by atoms with Crippen LogP contribution in [-0.2, 0) is 31.5 Å². The maximum Gasteiger partial charge on any atom is 0.255 e. The summed E-state index contributed by atoms with van der Waals surface area (Å²) in [5, 5.41) is 17.4. The van der Waals surface area contributed by atoms with E-state index >= 15 is 0 Å². The molecule has 0 saturated carbocycles. The van der Waals surface area contributed by atoms with Gasteiger partial charge in [-0.1, -0.05) is 6.07 Å². The standard InChI is InChI=1S/C25H29N3O3S/c1-25(30,9-12-28-11-4-10-26-28)19-7-8-22-18(15-19)16-27(13-14-31-22)24(29)21-17-32-23-6-3-2-5-20(21)23/h4,7-8,10-11,15,17,30H,2-3,5-6,9,12-14,16H2,1H3. The van der Waals surface area contributed by atoms with Crippen LogP contribution in [0.5, 0.6) is 5.75 Å². The predicted octanol–water partition coefficient (Wildman–Crippen LogP) is 4.16. The van der Waals surface area contributed by atoms with E-state index in [0.29, 0.717) is 32.7 Å². The number of hydrogen-bond acceptors (Lipinski definition) is 5. The third-order valence-electron chi connectivity index (χ3n) is 6.63. The molecule has 7 heteroatoms. The highest BCUT2D eigenvalue weighted by molar-refractivity contribution is 7.10. The van der Waals surface area contributed by atoms with E-state index < -0.39 is 5.60 Å². The van der Waals surface area contributed by atoms with Crippen molar-refractivity contribution in [3.8, 4) is 5.75 Å². The summed E-state index contributed by atoms with van der Waals surface area (Å²) in [5.41, 5.74) is 2.89. The van der Waals surface area contributed by atoms with Gasteiger partial charge in [0.1, 0.15) is 12.4 Å². The molecule has 0 saturated heterocycles. The van der Waals surface area contributed by atoms with Crippen molar-refractivity contribution >= 4 is 17.2 Å². The van der Waals surface area contributed by atoms with E-state index in [4.69, 9.17) is 4.74 Å². The topological polar surface area (TPSA) is 67.6 Å². The van der Waals surface area contributed by atoms with Gasteiger partial charge in [0, 0.05) is 41.3 Å². The van der Waals surface area contributed by atoms with Crippen LogP contribution in [0.2, 0.25) is 0 Å². The SMILES string of the molecule is CC(O)(CCn1cccn1)c1ccc2c(c1)CN(C(=O)c1csc3c1CCCC3)CCO2. The van der Waals surface area contributed by atoms with E-state index in [-0.39, 0.29) is 5.91 Å². The van der Waals surface area contributed by atoms with Gasteiger partial charge in [0.05, 0.1) is 17.7 Å². The van der Waals surface area contributed by atoms with E-state index in [0.717, 1.165) is 41.7 Å². The number of carbonyl (C=O) groups excluding carboxylic acids is 1. The second-order valence-corrected chi connectivity index (χ2v) is 9.91. The second-order valence-electron chi connectivity index (χ2n) is 8.95. The van der Waals surface area contributed by atoms with E-state index in [1.807, 2.05) is 52.3 Å². The van der Waals surface area contributed by atoms with Crippen LogP contribution in [0.15, 0.2) is 42.0 Å². The van der Waals surface area contributed by atoms with E-state index in [1.165, 1.54) is 16.9 Å². The van der Waals surface area contributed by atoms with Crippen LogP contribution >= 0.6 is 11.3 Å². The van der Waals surface area contributed by atoms with E-state index in [2.05, 4.69) is 5.10 Å². The summed E-state index contributed by atoms with van der Waals surface area (Å²) in [7, 11) is 0. The molecule has 1 atom stereocenters. The molecule has 5 rings (SSSR count). The van der Waals surface area contributed by atoms with Crippen LogP contribution in [0.25, 0.3) is 0 Å². The molecule has 2 aliphatic rings. The number of fused-ring (bicyclic) bond motifs is 2. The first-order valence-corrected chi connectivity index (χ1v) is 12.2. The number of hydrogen-bond donors (Lipinski definition) is 1. The smallest absolute Gasteiger partial charge is 0.255 e. The zero-order chi connectivity index (χ0) is 22.1. The molecule has 1 aromatic carbocycles. The molecule has 168 valence electrons. The average molecular weight is 452 g/mol. The molecule has 0 spiro atoms. The summed E-state index contributed by atoms with van der Waals surface area (Å²) in [6.07, 6.45) is 8.65. The molecule has 32 heavy (non-hydrogen) atoms. The lowest BCUT2D eigenvalue weighted by Crippen LogP contribution is -2.33. The van der Waals surface area contributed by atoms with Crippen LogP contribution in [0.1, 0.15) is 58.1 Å². The molecule has 3 aromatic rings. The van der Waals surface area contributed by atoms with Gasteiger partial charge >= 0.3 is 0 Å². The molecule has 0 radical (unpaired) electrons. The van der Waals surface area contributed by atoms with Gasteiger partial charge in [-0.05, 0) is 68.4 Å². The molecular formula is C25H29N3O3S. The zero-order valence-corrected chi connectivity index (χ0v) is 19.2. The molecule has 3 heterocycles. The zero-order valence-electron chi connectivity index (χ0n) is 18.4. The second kappa shape index (κ2) is 8.71. The fourth-order valence-corrected chi connectivity index (χ4v) is 5.78. The quantitative estimate of drug-likeness (QED) is 0.633. The van der Waals surface area contributed by atoms with Crippen molar-refractivity contribution in [3.05, 3.63) is 69.2 Å². The Morgan fingerprint density at radius 2 is 2.19 bits per heavy atom. The summed E-state index contributed by atoms with van der Waals surface area (Å²) < 4.78 is 7.78. The number of ether oxygens (including phenoxy) is 1. The summed E-state index contributed by atoms with van der Waals surface area (Å²) in [5.74, 6) is 0.885. The predicted molar refractivity (Wildman–Crippen MR) is 124 cm³/mol. The summed E-state index contributed by atoms with van der Waals surface area (Å²) in [6, 6.07) is 7.72. The Bertz CT molecular complexity index is 1100. The molecule has 6 nitrogen and oxygen atoms in total. The summed E-state index contributed by atoms with van der Waals surface area (Å²) in [4.78, 5) is 16.7. The fraction of sp³-hybridized carbons (Fsp3) is 0.440. The Hall–Kier alpha value is -2.64. The van der Waals surface area contributed by atoms with Gasteiger partial charge in [0.2, 0.25) is 0 Å². The third kappa shape index (κ3) is 4.19. The molecule has 1 aliphatic carbocycles. The van der Waals surface area contributed by atoms with Crippen LogP contribution in [0.4, 0.5) is 0 Å². The first-order valence-electron chi connectivity index (χ1n) is 11.4. The molecule has 1 N–H and O–H groups in total. The Labute approximate surface area is 192 Å². The third-order valence-corrected chi connectivity index (χ3v) is 7.72. The molecular weight excluding hydrogens is 422 g/mol. The Morgan fingerprint density at radius 1 is 1.31 bits per heavy atom. The summed E-state index contributed by atoms with van der Waals surface area (Å²) in [6.45, 7) is 3.98. The van der Waals surface area contributed by atoms with Gasteiger partial charge in [0.25, 0.3) is 5.91 Å². The van der Waals surface area contributed by atoms with Crippen LogP contribution in [-0.4, -0.2) is 38.8 Å². The van der Waals surface area contributed by atoms with Gasteiger partial charge in [-0.25, -0.2) is 0 Å². The lowest BCUT2D eigenvalue weighted by molar-refractivity contribution is 0.0419. The monoisotopic (exact) mass is 451 g/mol. The van der Waals surface area contributed by atoms with Crippen molar-refractivity contribution in [1.29, 1.82) is 0 Å². The van der Waals surface area contributed by atoms with Crippen LogP contribution < -0.4 is 4.74 Å². The minimum Gasteiger partial charge on any atom is -0.491 e. The van der Waals surface area contributed by atoms with Crippen LogP contribution in [0.3, 0.4) is 0 Å². The van der Waals surface area contributed by atoms with Crippen molar-refractivity contribution in [1.82, 2.24) is 14.7 Å². The minimum atomic E-state index is -1.01. The minimum absolute atomic E-state index is 0.0942. The van der Waals surface area contributed by atoms with Gasteiger partial charge in [0.15, 0.2) is 0 Å². The van der Waals surface area contributed by atoms with Gasteiger partial charge in [-0.3, -0.25) is 9.48 Å². The van der Waals surface area contributed by atoms with Gasteiger partial charge in [-0.2, -0.15) is 5.10 Å². The van der Waals surface area contributed by atoms with Crippen molar-refractivity contribution < 1.29 is 14.6 Å². The number of aromatic nitrogens is 2. The van der Waals surface area contributed by atoms with Crippen molar-refractivity contribution in [2.45, 2.75) is 57.7 Å². The lowest BCUT2D eigenvalue weighted by Gasteiger charge is -2.26. The van der Waals surface area contributed by atoms with E-state index in [1.54, 1.807) is 17.5 Å². The molecule has 0 fully saturated rings. The molecule has 2 aromatic heterocycles. The van der Waals surface area contributed by atoms with Crippen molar-refractivity contribution in [3.63, 3.8) is 0 Å². The molecule has 1 amide bonds. The van der Waals surface area contributed by atoms with Crippen molar-refractivity contribution in [2.75, 3.05) is 13.2 Å². The Balaban J connectivity index is 1.36. The van der Waals surface area contributed by atoms with Gasteiger partial charge in [-0.15, -0.1) is 11.3 Å². The number of aliphatic hydroxyl groups is 1. The maximum atomic E-state index is 13.4. The number of rotatable bonds is 5. The van der Waals surface area contributed by atoms with Crippen molar-refractivity contribution in [2.24, 2.45) is 0 Å². The summed E-state index contributed by atoms with van der Waals surface area (Å²) >= 11 is 1.73. The molecule has 0 bridgehead atoms. The maximum absolute atomic E-state index is 13.4. The van der Waals surface area contributed by atoms with E-state index in [9.17, 15) is 9.90 Å². The largest absolute Gasteiger partial charge is 0.491 e. The lowest BCUT2D eigenvalue weighted by atomic mass is 9.91. The number of benzene rings is 1. The molecule has 1 aliphatic heterocycles. The Kier molecular flexibility index (Phi) is 5.78. The first kappa shape index (κ1) is 21.2.